The summed E-state index contributed by atoms with van der Waals surface area (Å²) in [4.78, 5) is 2.50. The molecule has 1 saturated heterocycles. The van der Waals surface area contributed by atoms with Gasteiger partial charge in [0, 0.05) is 32.2 Å². The van der Waals surface area contributed by atoms with E-state index in [2.05, 4.69) is 49.0 Å². The summed E-state index contributed by atoms with van der Waals surface area (Å²) in [6, 6.07) is 4.47. The van der Waals surface area contributed by atoms with Crippen LogP contribution in [0.3, 0.4) is 0 Å². The normalized spacial score (nSPS) is 16.9. The lowest BCUT2D eigenvalue weighted by Gasteiger charge is -2.35. The first-order chi connectivity index (χ1) is 8.63. The van der Waals surface area contributed by atoms with E-state index >= 15 is 0 Å². The summed E-state index contributed by atoms with van der Waals surface area (Å²) < 4.78 is 1.50. The Bertz CT molecular complexity index is 406. The van der Waals surface area contributed by atoms with E-state index in [1.165, 1.54) is 5.56 Å². The summed E-state index contributed by atoms with van der Waals surface area (Å²) in [5, 5.41) is 13.2. The van der Waals surface area contributed by atoms with Crippen molar-refractivity contribution < 1.29 is 5.11 Å². The van der Waals surface area contributed by atoms with Gasteiger partial charge in [0.25, 0.3) is 0 Å². The average Bonchev–Trinajstić information content (AvgIpc) is 2.38. The van der Waals surface area contributed by atoms with Crippen LogP contribution in [0.15, 0.2) is 21.1 Å². The number of nitrogens with one attached hydrogen (secondary N) is 1. The summed E-state index contributed by atoms with van der Waals surface area (Å²) in [5.74, 6) is 0.272. The fraction of sp³-hybridized carbons (Fsp3) is 0.538. The van der Waals surface area contributed by atoms with E-state index in [0.717, 1.165) is 41.5 Å². The summed E-state index contributed by atoms with van der Waals surface area (Å²) in [6.45, 7) is 6.47. The molecule has 1 fully saturated rings. The Balaban J connectivity index is 0.00000180. The van der Waals surface area contributed by atoms with E-state index in [1.54, 1.807) is 0 Å². The highest BCUT2D eigenvalue weighted by Crippen LogP contribution is 2.37. The van der Waals surface area contributed by atoms with Gasteiger partial charge in [-0.15, -0.1) is 24.8 Å². The standard InChI is InChI=1S/C13H18Br2N2O.2ClH/c1-2-12(17-5-3-16-4-6-17)9-7-10(14)13(18)11(15)8-9;;/h7-8,12,16,18H,2-6H2,1H3;2*1H/t12-;;/m1../s1. The van der Waals surface area contributed by atoms with Gasteiger partial charge in [-0.1, -0.05) is 6.92 Å². The lowest BCUT2D eigenvalue weighted by atomic mass is 10.0. The molecule has 7 heteroatoms. The number of aromatic hydroxyl groups is 1. The maximum absolute atomic E-state index is 9.78. The lowest BCUT2D eigenvalue weighted by Crippen LogP contribution is -2.45. The molecule has 1 aliphatic rings. The maximum atomic E-state index is 9.78. The van der Waals surface area contributed by atoms with Crippen molar-refractivity contribution in [3.8, 4) is 5.75 Å². The predicted octanol–water partition coefficient (Wildman–Crippen LogP) is 4.12. The van der Waals surface area contributed by atoms with Gasteiger partial charge in [0.1, 0.15) is 5.75 Å². The monoisotopic (exact) mass is 448 g/mol. The number of benzene rings is 1. The van der Waals surface area contributed by atoms with E-state index in [0.29, 0.717) is 6.04 Å². The van der Waals surface area contributed by atoms with Gasteiger partial charge in [0.2, 0.25) is 0 Å². The van der Waals surface area contributed by atoms with Gasteiger partial charge in [0.15, 0.2) is 0 Å². The third kappa shape index (κ3) is 4.75. The van der Waals surface area contributed by atoms with Gasteiger partial charge in [-0.25, -0.2) is 0 Å². The van der Waals surface area contributed by atoms with Crippen LogP contribution in [0.2, 0.25) is 0 Å². The SMILES string of the molecule is CC[C@H](c1cc(Br)c(O)c(Br)c1)N1CCNCC1.Cl.Cl. The van der Waals surface area contributed by atoms with Gasteiger partial charge >= 0.3 is 0 Å². The summed E-state index contributed by atoms with van der Waals surface area (Å²) in [5.41, 5.74) is 1.25. The van der Waals surface area contributed by atoms with E-state index in [9.17, 15) is 5.11 Å². The number of hydrogen-bond donors (Lipinski definition) is 2. The highest BCUT2D eigenvalue weighted by molar-refractivity contribution is 9.11. The fourth-order valence-electron chi connectivity index (χ4n) is 2.48. The Morgan fingerprint density at radius 1 is 1.20 bits per heavy atom. The molecule has 0 unspecified atom stereocenters. The number of phenols is 1. The second kappa shape index (κ2) is 9.49. The van der Waals surface area contributed by atoms with Crippen molar-refractivity contribution in [1.29, 1.82) is 0 Å². The zero-order valence-corrected chi connectivity index (χ0v) is 16.0. The van der Waals surface area contributed by atoms with Crippen molar-refractivity contribution in [3.63, 3.8) is 0 Å². The van der Waals surface area contributed by atoms with Crippen molar-refractivity contribution in [3.05, 3.63) is 26.6 Å². The topological polar surface area (TPSA) is 35.5 Å². The number of halogens is 4. The molecule has 1 aromatic carbocycles. The van der Waals surface area contributed by atoms with Gasteiger partial charge in [-0.3, -0.25) is 4.90 Å². The molecule has 20 heavy (non-hydrogen) atoms. The van der Waals surface area contributed by atoms with Crippen LogP contribution < -0.4 is 5.32 Å². The quantitative estimate of drug-likeness (QED) is 0.727. The number of hydrogen-bond acceptors (Lipinski definition) is 3. The third-order valence-electron chi connectivity index (χ3n) is 3.40. The molecule has 0 aromatic heterocycles. The Hall–Kier alpha value is 0.480. The third-order valence-corrected chi connectivity index (χ3v) is 4.61. The molecule has 0 amide bonds. The van der Waals surface area contributed by atoms with Crippen LogP contribution >= 0.6 is 56.7 Å². The van der Waals surface area contributed by atoms with Crippen molar-refractivity contribution in [2.24, 2.45) is 0 Å². The number of piperazine rings is 1. The molecule has 2 rings (SSSR count). The highest BCUT2D eigenvalue weighted by Gasteiger charge is 2.21. The lowest BCUT2D eigenvalue weighted by molar-refractivity contribution is 0.169. The minimum absolute atomic E-state index is 0. The first-order valence-electron chi connectivity index (χ1n) is 6.26. The van der Waals surface area contributed by atoms with Gasteiger partial charge < -0.3 is 10.4 Å². The second-order valence-corrected chi connectivity index (χ2v) is 6.25. The smallest absolute Gasteiger partial charge is 0.143 e. The van der Waals surface area contributed by atoms with E-state index in [1.807, 2.05) is 12.1 Å². The molecule has 116 valence electrons. The van der Waals surface area contributed by atoms with Crippen LogP contribution in [0.1, 0.15) is 24.9 Å². The Kier molecular flexibility index (Phi) is 9.72. The van der Waals surface area contributed by atoms with E-state index in [-0.39, 0.29) is 30.6 Å². The second-order valence-electron chi connectivity index (χ2n) is 4.54. The number of phenolic OH excluding ortho intramolecular Hbond substituents is 1. The largest absolute Gasteiger partial charge is 0.506 e. The Morgan fingerprint density at radius 2 is 1.70 bits per heavy atom. The van der Waals surface area contributed by atoms with Crippen molar-refractivity contribution >= 4 is 56.7 Å². The van der Waals surface area contributed by atoms with Crippen molar-refractivity contribution in [1.82, 2.24) is 10.2 Å². The molecule has 3 nitrogen and oxygen atoms in total. The molecule has 1 aliphatic heterocycles. The van der Waals surface area contributed by atoms with Crippen molar-refractivity contribution in [2.75, 3.05) is 26.2 Å². The van der Waals surface area contributed by atoms with Crippen LogP contribution in [0.25, 0.3) is 0 Å². The molecule has 0 aliphatic carbocycles. The molecule has 1 heterocycles. The molecule has 0 bridgehead atoms. The number of rotatable bonds is 3. The minimum atomic E-state index is 0. The molecule has 0 saturated carbocycles. The van der Waals surface area contributed by atoms with E-state index in [4.69, 9.17) is 0 Å². The zero-order valence-electron chi connectivity index (χ0n) is 11.2. The first-order valence-corrected chi connectivity index (χ1v) is 7.84. The van der Waals surface area contributed by atoms with Crippen LogP contribution in [0.4, 0.5) is 0 Å². The van der Waals surface area contributed by atoms with Gasteiger partial charge in [-0.2, -0.15) is 0 Å². The van der Waals surface area contributed by atoms with Crippen LogP contribution in [0, 0.1) is 0 Å². The van der Waals surface area contributed by atoms with Gasteiger partial charge in [0.05, 0.1) is 8.95 Å². The molecule has 1 aromatic rings. The highest BCUT2D eigenvalue weighted by atomic mass is 79.9. The molecular formula is C13H20Br2Cl2N2O. The van der Waals surface area contributed by atoms with Crippen LogP contribution in [-0.4, -0.2) is 36.2 Å². The molecular weight excluding hydrogens is 431 g/mol. The van der Waals surface area contributed by atoms with Gasteiger partial charge in [-0.05, 0) is 56.0 Å². The van der Waals surface area contributed by atoms with E-state index < -0.39 is 0 Å². The summed E-state index contributed by atoms with van der Waals surface area (Å²) >= 11 is 6.82. The maximum Gasteiger partial charge on any atom is 0.143 e. The predicted molar refractivity (Wildman–Crippen MR) is 95.5 cm³/mol. The summed E-state index contributed by atoms with van der Waals surface area (Å²) in [6.07, 6.45) is 1.07. The first kappa shape index (κ1) is 20.5. The molecule has 0 spiro atoms. The van der Waals surface area contributed by atoms with Crippen LogP contribution in [-0.2, 0) is 0 Å². The summed E-state index contributed by atoms with van der Waals surface area (Å²) in [7, 11) is 0. The average molecular weight is 451 g/mol. The van der Waals surface area contributed by atoms with Crippen LogP contribution in [0.5, 0.6) is 5.75 Å². The molecule has 1 atom stereocenters. The molecule has 0 radical (unpaired) electrons. The molecule has 2 N–H and O–H groups in total. The number of nitrogens with zero attached hydrogens (tertiary/aromatic N) is 1. The fourth-order valence-corrected chi connectivity index (χ4v) is 3.70. The Morgan fingerprint density at radius 3 is 2.15 bits per heavy atom. The van der Waals surface area contributed by atoms with Crippen molar-refractivity contribution in [2.45, 2.75) is 19.4 Å². The zero-order chi connectivity index (χ0) is 13.1. The Labute approximate surface area is 149 Å². The minimum Gasteiger partial charge on any atom is -0.506 e.